The summed E-state index contributed by atoms with van der Waals surface area (Å²) in [7, 11) is -1.35. The Morgan fingerprint density at radius 3 is 2.80 bits per heavy atom. The molecule has 0 aromatic carbocycles. The fourth-order valence-electron chi connectivity index (χ4n) is 0.567. The Bertz CT molecular complexity index is 206. The number of thiophene rings is 1. The van der Waals surface area contributed by atoms with Gasteiger partial charge in [0, 0.05) is 0 Å². The summed E-state index contributed by atoms with van der Waals surface area (Å²) in [6.45, 7) is 0. The average Bonchev–Trinajstić information content (AvgIpc) is 2.34. The molecule has 0 bridgehead atoms. The molecule has 0 aliphatic carbocycles. The molecule has 0 atom stereocenters. The molecular weight excluding hydrogens is 147 g/mol. The van der Waals surface area contributed by atoms with E-state index < -0.39 is 7.12 Å². The molecular formula is C6H7BO2S. The molecule has 10 heavy (non-hydrogen) atoms. The number of hydrogen-bond donors (Lipinski definition) is 2. The summed E-state index contributed by atoms with van der Waals surface area (Å²) < 4.78 is 0. The highest BCUT2D eigenvalue weighted by Crippen LogP contribution is 2.07. The van der Waals surface area contributed by atoms with Crippen LogP contribution in [-0.2, 0) is 0 Å². The van der Waals surface area contributed by atoms with Crippen LogP contribution in [0.25, 0.3) is 6.08 Å². The minimum Gasteiger partial charge on any atom is -0.424 e. The SMILES string of the molecule is OB(O)/C=C/c1ccsc1. The van der Waals surface area contributed by atoms with Gasteiger partial charge in [0.2, 0.25) is 0 Å². The van der Waals surface area contributed by atoms with Gasteiger partial charge < -0.3 is 10.0 Å². The lowest BCUT2D eigenvalue weighted by Gasteiger charge is -1.84. The Balaban J connectivity index is 2.55. The largest absolute Gasteiger partial charge is 0.480 e. The first-order valence-electron chi connectivity index (χ1n) is 2.85. The second-order valence-electron chi connectivity index (χ2n) is 1.83. The quantitative estimate of drug-likeness (QED) is 0.617. The van der Waals surface area contributed by atoms with Gasteiger partial charge in [-0.2, -0.15) is 11.3 Å². The molecule has 2 N–H and O–H groups in total. The maximum absolute atomic E-state index is 8.42. The summed E-state index contributed by atoms with van der Waals surface area (Å²) in [4.78, 5) is 0. The highest BCUT2D eigenvalue weighted by molar-refractivity contribution is 7.08. The lowest BCUT2D eigenvalue weighted by atomic mass is 9.91. The van der Waals surface area contributed by atoms with E-state index in [-0.39, 0.29) is 0 Å². The van der Waals surface area contributed by atoms with Crippen LogP contribution in [0.2, 0.25) is 0 Å². The van der Waals surface area contributed by atoms with Crippen molar-refractivity contribution in [1.82, 2.24) is 0 Å². The van der Waals surface area contributed by atoms with E-state index in [2.05, 4.69) is 0 Å². The number of hydrogen-bond acceptors (Lipinski definition) is 3. The minimum atomic E-state index is -1.35. The van der Waals surface area contributed by atoms with Crippen LogP contribution in [0.4, 0.5) is 0 Å². The highest BCUT2D eigenvalue weighted by atomic mass is 32.1. The zero-order valence-corrected chi connectivity index (χ0v) is 6.08. The molecule has 0 aliphatic rings. The lowest BCUT2D eigenvalue weighted by molar-refractivity contribution is 0.424. The molecule has 0 radical (unpaired) electrons. The molecule has 52 valence electrons. The zero-order chi connectivity index (χ0) is 7.40. The first-order chi connectivity index (χ1) is 4.79. The Kier molecular flexibility index (Phi) is 2.68. The van der Waals surface area contributed by atoms with Crippen molar-refractivity contribution in [2.45, 2.75) is 0 Å². The van der Waals surface area contributed by atoms with Crippen molar-refractivity contribution in [3.05, 3.63) is 28.4 Å². The molecule has 1 heterocycles. The third-order valence-corrected chi connectivity index (χ3v) is 1.71. The van der Waals surface area contributed by atoms with Crippen LogP contribution in [0, 0.1) is 0 Å². The van der Waals surface area contributed by atoms with Crippen LogP contribution in [0.5, 0.6) is 0 Å². The summed E-state index contributed by atoms with van der Waals surface area (Å²) in [6, 6.07) is 1.91. The summed E-state index contributed by atoms with van der Waals surface area (Å²) in [5.41, 5.74) is 0.998. The van der Waals surface area contributed by atoms with Crippen LogP contribution in [0.3, 0.4) is 0 Å². The summed E-state index contributed by atoms with van der Waals surface area (Å²) in [5.74, 6) is 1.32. The van der Waals surface area contributed by atoms with Gasteiger partial charge in [-0.05, 0) is 22.4 Å². The molecule has 0 aliphatic heterocycles. The lowest BCUT2D eigenvalue weighted by Crippen LogP contribution is -2.05. The molecule has 0 saturated heterocycles. The van der Waals surface area contributed by atoms with Gasteiger partial charge in [-0.3, -0.25) is 0 Å². The summed E-state index contributed by atoms with van der Waals surface area (Å²) in [5, 5.41) is 20.7. The Morgan fingerprint density at radius 1 is 1.50 bits per heavy atom. The second-order valence-corrected chi connectivity index (χ2v) is 2.61. The first-order valence-corrected chi connectivity index (χ1v) is 3.80. The van der Waals surface area contributed by atoms with E-state index in [0.717, 1.165) is 5.56 Å². The van der Waals surface area contributed by atoms with Gasteiger partial charge in [-0.1, -0.05) is 12.1 Å². The maximum Gasteiger partial charge on any atom is 0.480 e. The van der Waals surface area contributed by atoms with Crippen LogP contribution in [0.1, 0.15) is 5.56 Å². The minimum absolute atomic E-state index is 0.998. The maximum atomic E-state index is 8.42. The fraction of sp³-hybridized carbons (Fsp3) is 0. The van der Waals surface area contributed by atoms with Crippen molar-refractivity contribution in [2.24, 2.45) is 0 Å². The predicted molar refractivity (Wildman–Crippen MR) is 43.5 cm³/mol. The van der Waals surface area contributed by atoms with E-state index in [1.165, 1.54) is 5.98 Å². The van der Waals surface area contributed by atoms with Crippen LogP contribution < -0.4 is 0 Å². The smallest absolute Gasteiger partial charge is 0.424 e. The molecule has 1 aromatic rings. The van der Waals surface area contributed by atoms with E-state index in [9.17, 15) is 0 Å². The predicted octanol–water partition coefficient (Wildman–Crippen LogP) is 0.773. The Labute approximate surface area is 63.6 Å². The summed E-state index contributed by atoms with van der Waals surface area (Å²) >= 11 is 1.58. The molecule has 1 aromatic heterocycles. The van der Waals surface area contributed by atoms with Gasteiger partial charge in [0.15, 0.2) is 0 Å². The Hall–Kier alpha value is -0.575. The third-order valence-electron chi connectivity index (χ3n) is 1.00. The monoisotopic (exact) mass is 154 g/mol. The van der Waals surface area contributed by atoms with E-state index >= 15 is 0 Å². The molecule has 0 unspecified atom stereocenters. The first kappa shape index (κ1) is 7.53. The fourth-order valence-corrected chi connectivity index (χ4v) is 1.20. The van der Waals surface area contributed by atoms with Crippen LogP contribution >= 0.6 is 11.3 Å². The van der Waals surface area contributed by atoms with E-state index in [1.807, 2.05) is 16.8 Å². The van der Waals surface area contributed by atoms with E-state index in [0.29, 0.717) is 0 Å². The van der Waals surface area contributed by atoms with Crippen molar-refractivity contribution < 1.29 is 10.0 Å². The van der Waals surface area contributed by atoms with Crippen molar-refractivity contribution in [2.75, 3.05) is 0 Å². The standard InChI is InChI=1S/C6H7BO2S/c8-7(9)3-1-6-2-4-10-5-6/h1-5,8-9H/b3-1+. The summed E-state index contributed by atoms with van der Waals surface area (Å²) in [6.07, 6.45) is 1.67. The van der Waals surface area contributed by atoms with Crippen molar-refractivity contribution >= 4 is 24.5 Å². The average molecular weight is 154 g/mol. The molecule has 0 amide bonds. The third kappa shape index (κ3) is 2.35. The van der Waals surface area contributed by atoms with Crippen LogP contribution in [-0.4, -0.2) is 17.2 Å². The van der Waals surface area contributed by atoms with Gasteiger partial charge in [0.05, 0.1) is 0 Å². The topological polar surface area (TPSA) is 40.5 Å². The zero-order valence-electron chi connectivity index (χ0n) is 5.27. The van der Waals surface area contributed by atoms with Crippen LogP contribution in [0.15, 0.2) is 22.8 Å². The van der Waals surface area contributed by atoms with E-state index in [1.54, 1.807) is 17.4 Å². The Morgan fingerprint density at radius 2 is 2.30 bits per heavy atom. The second kappa shape index (κ2) is 3.56. The van der Waals surface area contributed by atoms with Crippen molar-refractivity contribution in [1.29, 1.82) is 0 Å². The highest BCUT2D eigenvalue weighted by Gasteiger charge is 1.97. The molecule has 0 spiro atoms. The van der Waals surface area contributed by atoms with Gasteiger partial charge in [0.25, 0.3) is 0 Å². The molecule has 0 fully saturated rings. The number of rotatable bonds is 2. The van der Waals surface area contributed by atoms with E-state index in [4.69, 9.17) is 10.0 Å². The van der Waals surface area contributed by atoms with Gasteiger partial charge >= 0.3 is 7.12 Å². The molecule has 0 saturated carbocycles. The van der Waals surface area contributed by atoms with Gasteiger partial charge in [-0.15, -0.1) is 0 Å². The van der Waals surface area contributed by atoms with Gasteiger partial charge in [-0.25, -0.2) is 0 Å². The molecule has 1 rings (SSSR count). The van der Waals surface area contributed by atoms with Crippen molar-refractivity contribution in [3.63, 3.8) is 0 Å². The molecule has 4 heteroatoms. The normalized spacial score (nSPS) is 10.6. The van der Waals surface area contributed by atoms with Gasteiger partial charge in [0.1, 0.15) is 0 Å². The molecule has 2 nitrogen and oxygen atoms in total. The van der Waals surface area contributed by atoms with Crippen molar-refractivity contribution in [3.8, 4) is 0 Å².